The Kier molecular flexibility index (Phi) is 5.83. The molecular formula is C15H24N2O2. The van der Waals surface area contributed by atoms with E-state index in [0.29, 0.717) is 12.8 Å². The first kappa shape index (κ1) is 15.5. The number of aryl methyl sites for hydroxylation is 1. The van der Waals surface area contributed by atoms with Crippen LogP contribution in [0.3, 0.4) is 0 Å². The highest BCUT2D eigenvalue weighted by atomic mass is 16.5. The van der Waals surface area contributed by atoms with Gasteiger partial charge in [-0.05, 0) is 57.9 Å². The quantitative estimate of drug-likeness (QED) is 0.830. The SMILES string of the molecule is Cc1cc(NC(=O)CCC(C)N)ccc1OC(C)C. The summed E-state index contributed by atoms with van der Waals surface area (Å²) in [5, 5.41) is 2.87. The molecule has 4 nitrogen and oxygen atoms in total. The largest absolute Gasteiger partial charge is 0.491 e. The van der Waals surface area contributed by atoms with Crippen LogP contribution in [-0.4, -0.2) is 18.1 Å². The molecule has 0 heterocycles. The Morgan fingerprint density at radius 1 is 1.37 bits per heavy atom. The summed E-state index contributed by atoms with van der Waals surface area (Å²) in [6.07, 6.45) is 1.28. The Hall–Kier alpha value is -1.55. The Balaban J connectivity index is 2.60. The highest BCUT2D eigenvalue weighted by Gasteiger charge is 2.07. The van der Waals surface area contributed by atoms with E-state index in [-0.39, 0.29) is 18.1 Å². The van der Waals surface area contributed by atoms with Crippen molar-refractivity contribution in [1.29, 1.82) is 0 Å². The number of ether oxygens (including phenoxy) is 1. The van der Waals surface area contributed by atoms with Gasteiger partial charge in [-0.1, -0.05) is 0 Å². The average Bonchev–Trinajstić information content (AvgIpc) is 2.29. The predicted octanol–water partition coefficient (Wildman–Crippen LogP) is 2.85. The van der Waals surface area contributed by atoms with Crippen molar-refractivity contribution in [1.82, 2.24) is 0 Å². The summed E-state index contributed by atoms with van der Waals surface area (Å²) >= 11 is 0. The lowest BCUT2D eigenvalue weighted by Crippen LogP contribution is -2.19. The van der Waals surface area contributed by atoms with Gasteiger partial charge in [0.05, 0.1) is 6.10 Å². The number of benzene rings is 1. The molecule has 1 aromatic rings. The third-order valence-corrected chi connectivity index (χ3v) is 2.65. The minimum atomic E-state index is -0.00534. The van der Waals surface area contributed by atoms with E-state index in [9.17, 15) is 4.79 Å². The Morgan fingerprint density at radius 3 is 2.58 bits per heavy atom. The molecule has 0 aliphatic carbocycles. The van der Waals surface area contributed by atoms with E-state index in [0.717, 1.165) is 17.0 Å². The molecule has 0 aromatic heterocycles. The van der Waals surface area contributed by atoms with Gasteiger partial charge in [-0.2, -0.15) is 0 Å². The van der Waals surface area contributed by atoms with E-state index >= 15 is 0 Å². The van der Waals surface area contributed by atoms with Crippen molar-refractivity contribution in [3.63, 3.8) is 0 Å². The molecule has 106 valence electrons. The maximum absolute atomic E-state index is 11.7. The average molecular weight is 264 g/mol. The van der Waals surface area contributed by atoms with E-state index < -0.39 is 0 Å². The van der Waals surface area contributed by atoms with Gasteiger partial charge in [0.1, 0.15) is 5.75 Å². The van der Waals surface area contributed by atoms with Crippen molar-refractivity contribution >= 4 is 11.6 Å². The van der Waals surface area contributed by atoms with E-state index in [4.69, 9.17) is 10.5 Å². The first-order valence-electron chi connectivity index (χ1n) is 6.71. The molecule has 19 heavy (non-hydrogen) atoms. The van der Waals surface area contributed by atoms with Crippen LogP contribution in [-0.2, 0) is 4.79 Å². The van der Waals surface area contributed by atoms with Crippen molar-refractivity contribution in [2.75, 3.05) is 5.32 Å². The van der Waals surface area contributed by atoms with E-state index in [1.807, 2.05) is 45.9 Å². The maximum Gasteiger partial charge on any atom is 0.224 e. The van der Waals surface area contributed by atoms with Crippen LogP contribution in [0.15, 0.2) is 18.2 Å². The van der Waals surface area contributed by atoms with Crippen LogP contribution in [0.4, 0.5) is 5.69 Å². The molecule has 1 rings (SSSR count). The summed E-state index contributed by atoms with van der Waals surface area (Å²) in [6, 6.07) is 5.71. The van der Waals surface area contributed by atoms with E-state index in [2.05, 4.69) is 5.32 Å². The van der Waals surface area contributed by atoms with Crippen molar-refractivity contribution in [2.45, 2.75) is 52.7 Å². The van der Waals surface area contributed by atoms with Crippen molar-refractivity contribution in [2.24, 2.45) is 5.73 Å². The van der Waals surface area contributed by atoms with Crippen LogP contribution >= 0.6 is 0 Å². The zero-order valence-corrected chi connectivity index (χ0v) is 12.2. The summed E-state index contributed by atoms with van der Waals surface area (Å²) in [5.41, 5.74) is 7.44. The molecule has 0 aliphatic heterocycles. The van der Waals surface area contributed by atoms with Crippen molar-refractivity contribution in [3.05, 3.63) is 23.8 Å². The second kappa shape index (κ2) is 7.14. The molecule has 0 saturated heterocycles. The molecule has 0 bridgehead atoms. The van der Waals surface area contributed by atoms with Gasteiger partial charge in [0, 0.05) is 18.2 Å². The molecule has 1 amide bonds. The zero-order chi connectivity index (χ0) is 14.4. The molecule has 1 aromatic carbocycles. The topological polar surface area (TPSA) is 64.4 Å². The molecule has 1 unspecified atom stereocenters. The summed E-state index contributed by atoms with van der Waals surface area (Å²) in [6.45, 7) is 7.84. The normalized spacial score (nSPS) is 12.3. The molecular weight excluding hydrogens is 240 g/mol. The Labute approximate surface area is 115 Å². The highest BCUT2D eigenvalue weighted by Crippen LogP contribution is 2.23. The van der Waals surface area contributed by atoms with Crippen LogP contribution in [0.5, 0.6) is 5.75 Å². The fourth-order valence-corrected chi connectivity index (χ4v) is 1.70. The number of anilines is 1. The summed E-state index contributed by atoms with van der Waals surface area (Å²) in [5.74, 6) is 0.845. The van der Waals surface area contributed by atoms with Crippen molar-refractivity contribution < 1.29 is 9.53 Å². The number of hydrogen-bond acceptors (Lipinski definition) is 3. The number of nitrogens with two attached hydrogens (primary N) is 1. The molecule has 1 atom stereocenters. The first-order valence-corrected chi connectivity index (χ1v) is 6.71. The number of carbonyl (C=O) groups excluding carboxylic acids is 1. The Morgan fingerprint density at radius 2 is 2.05 bits per heavy atom. The first-order chi connectivity index (χ1) is 8.88. The second-order valence-corrected chi connectivity index (χ2v) is 5.21. The molecule has 0 spiro atoms. The minimum Gasteiger partial charge on any atom is -0.491 e. The fourth-order valence-electron chi connectivity index (χ4n) is 1.70. The van der Waals surface area contributed by atoms with Gasteiger partial charge >= 0.3 is 0 Å². The number of hydrogen-bond donors (Lipinski definition) is 2. The number of rotatable bonds is 6. The van der Waals surface area contributed by atoms with Crippen LogP contribution in [0.2, 0.25) is 0 Å². The standard InChI is InChI=1S/C15H24N2O2/c1-10(2)19-14-7-6-13(9-11(14)3)17-15(18)8-5-12(4)16/h6-7,9-10,12H,5,8,16H2,1-4H3,(H,17,18). The molecule has 0 fully saturated rings. The summed E-state index contributed by atoms with van der Waals surface area (Å²) in [4.78, 5) is 11.7. The number of nitrogens with one attached hydrogen (secondary N) is 1. The third kappa shape index (κ3) is 5.75. The van der Waals surface area contributed by atoms with E-state index in [1.165, 1.54) is 0 Å². The zero-order valence-electron chi connectivity index (χ0n) is 12.2. The Bertz CT molecular complexity index is 428. The van der Waals surface area contributed by atoms with Gasteiger partial charge in [0.2, 0.25) is 5.91 Å². The van der Waals surface area contributed by atoms with Crippen LogP contribution < -0.4 is 15.8 Å². The lowest BCUT2D eigenvalue weighted by atomic mass is 10.1. The van der Waals surface area contributed by atoms with Gasteiger partial charge < -0.3 is 15.8 Å². The summed E-state index contributed by atoms with van der Waals surface area (Å²) in [7, 11) is 0. The van der Waals surface area contributed by atoms with Gasteiger partial charge in [0.15, 0.2) is 0 Å². The van der Waals surface area contributed by atoms with Gasteiger partial charge in [-0.3, -0.25) is 4.79 Å². The lowest BCUT2D eigenvalue weighted by Gasteiger charge is -2.14. The second-order valence-electron chi connectivity index (χ2n) is 5.21. The van der Waals surface area contributed by atoms with E-state index in [1.54, 1.807) is 0 Å². The van der Waals surface area contributed by atoms with Crippen LogP contribution in [0.1, 0.15) is 39.2 Å². The molecule has 3 N–H and O–H groups in total. The number of amides is 1. The monoisotopic (exact) mass is 264 g/mol. The molecule has 0 saturated carbocycles. The minimum absolute atomic E-state index is 0.00534. The smallest absolute Gasteiger partial charge is 0.224 e. The summed E-state index contributed by atoms with van der Waals surface area (Å²) < 4.78 is 5.65. The number of carbonyl (C=O) groups is 1. The molecule has 0 aliphatic rings. The van der Waals surface area contributed by atoms with Crippen LogP contribution in [0.25, 0.3) is 0 Å². The fraction of sp³-hybridized carbons (Fsp3) is 0.533. The molecule has 0 radical (unpaired) electrons. The third-order valence-electron chi connectivity index (χ3n) is 2.65. The van der Waals surface area contributed by atoms with Gasteiger partial charge in [-0.15, -0.1) is 0 Å². The maximum atomic E-state index is 11.7. The van der Waals surface area contributed by atoms with Crippen molar-refractivity contribution in [3.8, 4) is 5.75 Å². The van der Waals surface area contributed by atoms with Gasteiger partial charge in [-0.25, -0.2) is 0 Å². The predicted molar refractivity (Wildman–Crippen MR) is 78.5 cm³/mol. The van der Waals surface area contributed by atoms with Gasteiger partial charge in [0.25, 0.3) is 0 Å². The highest BCUT2D eigenvalue weighted by molar-refractivity contribution is 5.90. The van der Waals surface area contributed by atoms with Crippen LogP contribution in [0, 0.1) is 6.92 Å². The lowest BCUT2D eigenvalue weighted by molar-refractivity contribution is -0.116. The molecule has 4 heteroatoms.